The van der Waals surface area contributed by atoms with Gasteiger partial charge in [-0.1, -0.05) is 6.07 Å². The van der Waals surface area contributed by atoms with Crippen LogP contribution in [0.4, 0.5) is 23.7 Å². The summed E-state index contributed by atoms with van der Waals surface area (Å²) >= 11 is 0. The molecule has 2 aromatic heterocycles. The molecule has 1 aliphatic rings. The smallest absolute Gasteiger partial charge is 0.324 e. The lowest BCUT2D eigenvalue weighted by Gasteiger charge is -2.18. The van der Waals surface area contributed by atoms with E-state index in [2.05, 4.69) is 15.3 Å². The zero-order valence-electron chi connectivity index (χ0n) is 15.1. The third-order valence-corrected chi connectivity index (χ3v) is 4.94. The number of aryl methyl sites for hydroxylation is 1. The van der Waals surface area contributed by atoms with E-state index in [4.69, 9.17) is 0 Å². The van der Waals surface area contributed by atoms with Gasteiger partial charge in [0.1, 0.15) is 11.3 Å². The third kappa shape index (κ3) is 3.39. The van der Waals surface area contributed by atoms with Gasteiger partial charge in [0.15, 0.2) is 5.65 Å². The summed E-state index contributed by atoms with van der Waals surface area (Å²) in [7, 11) is 1.89. The topological polar surface area (TPSA) is 63.1 Å². The number of imidazole rings is 1. The Hall–Kier alpha value is -3.10. The highest BCUT2D eigenvalue weighted by molar-refractivity contribution is 5.89. The minimum Gasteiger partial charge on any atom is -0.324 e. The molecule has 1 aliphatic heterocycles. The monoisotopic (exact) mass is 389 g/mol. The number of carbonyl (C=O) groups is 1. The van der Waals surface area contributed by atoms with Crippen molar-refractivity contribution in [3.63, 3.8) is 0 Å². The second-order valence-corrected chi connectivity index (χ2v) is 6.82. The van der Waals surface area contributed by atoms with Crippen LogP contribution in [-0.2, 0) is 13.2 Å². The summed E-state index contributed by atoms with van der Waals surface area (Å²) in [6.07, 6.45) is -2.02. The lowest BCUT2D eigenvalue weighted by Crippen LogP contribution is -2.33. The lowest BCUT2D eigenvalue weighted by molar-refractivity contribution is -0.137. The van der Waals surface area contributed by atoms with Crippen molar-refractivity contribution in [2.24, 2.45) is 7.05 Å². The van der Waals surface area contributed by atoms with E-state index in [1.165, 1.54) is 12.1 Å². The van der Waals surface area contributed by atoms with Crippen LogP contribution >= 0.6 is 0 Å². The van der Waals surface area contributed by atoms with E-state index in [-0.39, 0.29) is 11.6 Å². The molecule has 0 spiro atoms. The summed E-state index contributed by atoms with van der Waals surface area (Å²) in [5.41, 5.74) is 0.906. The van der Waals surface area contributed by atoms with Crippen LogP contribution in [0.3, 0.4) is 0 Å². The van der Waals surface area contributed by atoms with Crippen molar-refractivity contribution >= 4 is 22.9 Å². The Morgan fingerprint density at radius 2 is 2.07 bits per heavy atom. The lowest BCUT2D eigenvalue weighted by atomic mass is 10.1. The first-order valence-electron chi connectivity index (χ1n) is 8.83. The SMILES string of the molecule is Cn1c(C2CCN(C(=O)Nc3cccc(C(F)(F)F)c3)C2)nc2cccnc21. The van der Waals surface area contributed by atoms with Crippen LogP contribution in [-0.4, -0.2) is 38.6 Å². The minimum atomic E-state index is -4.45. The third-order valence-electron chi connectivity index (χ3n) is 4.94. The van der Waals surface area contributed by atoms with Crippen molar-refractivity contribution in [1.82, 2.24) is 19.4 Å². The molecule has 1 N–H and O–H groups in total. The number of carbonyl (C=O) groups excluding carboxylic acids is 1. The second kappa shape index (κ2) is 6.81. The van der Waals surface area contributed by atoms with E-state index in [1.807, 2.05) is 23.7 Å². The number of hydrogen-bond acceptors (Lipinski definition) is 3. The molecule has 2 amide bonds. The molecular weight excluding hydrogens is 371 g/mol. The van der Waals surface area contributed by atoms with Crippen LogP contribution in [0.2, 0.25) is 0 Å². The van der Waals surface area contributed by atoms with E-state index in [9.17, 15) is 18.0 Å². The summed E-state index contributed by atoms with van der Waals surface area (Å²) in [6, 6.07) is 7.92. The molecule has 146 valence electrons. The maximum atomic E-state index is 12.8. The Morgan fingerprint density at radius 3 is 2.82 bits per heavy atom. The molecule has 1 fully saturated rings. The molecule has 6 nitrogen and oxygen atoms in total. The fourth-order valence-corrected chi connectivity index (χ4v) is 3.54. The van der Waals surface area contributed by atoms with Crippen molar-refractivity contribution in [2.75, 3.05) is 18.4 Å². The molecule has 1 saturated heterocycles. The molecule has 0 saturated carbocycles. The number of likely N-dealkylation sites (tertiary alicyclic amines) is 1. The van der Waals surface area contributed by atoms with Crippen LogP contribution in [0.1, 0.15) is 23.7 Å². The highest BCUT2D eigenvalue weighted by atomic mass is 19.4. The van der Waals surface area contributed by atoms with Gasteiger partial charge in [-0.25, -0.2) is 14.8 Å². The predicted octanol–water partition coefficient (Wildman–Crippen LogP) is 4.01. The summed E-state index contributed by atoms with van der Waals surface area (Å²) < 4.78 is 40.4. The fourth-order valence-electron chi connectivity index (χ4n) is 3.54. The highest BCUT2D eigenvalue weighted by Crippen LogP contribution is 2.31. The molecule has 0 bridgehead atoms. The largest absolute Gasteiger partial charge is 0.416 e. The molecule has 28 heavy (non-hydrogen) atoms. The van der Waals surface area contributed by atoms with Gasteiger partial charge in [-0.15, -0.1) is 0 Å². The maximum Gasteiger partial charge on any atom is 0.416 e. The van der Waals surface area contributed by atoms with E-state index in [0.29, 0.717) is 13.1 Å². The Labute approximate surface area is 159 Å². The summed E-state index contributed by atoms with van der Waals surface area (Å²) in [5, 5.41) is 2.56. The van der Waals surface area contributed by atoms with Crippen molar-refractivity contribution in [1.29, 1.82) is 0 Å². The molecule has 3 aromatic rings. The number of anilines is 1. The molecule has 1 unspecified atom stereocenters. The standard InChI is InChI=1S/C19H18F3N5O/c1-26-16(25-15-6-3-8-23-17(15)26)12-7-9-27(11-12)18(28)24-14-5-2-4-13(10-14)19(20,21)22/h2-6,8,10,12H,7,9,11H2,1H3,(H,24,28). The van der Waals surface area contributed by atoms with Gasteiger partial charge < -0.3 is 14.8 Å². The number of hydrogen-bond donors (Lipinski definition) is 1. The zero-order chi connectivity index (χ0) is 19.9. The van der Waals surface area contributed by atoms with Gasteiger partial charge in [-0.3, -0.25) is 0 Å². The van der Waals surface area contributed by atoms with Gasteiger partial charge in [-0.05, 0) is 36.8 Å². The number of fused-ring (bicyclic) bond motifs is 1. The number of benzene rings is 1. The van der Waals surface area contributed by atoms with Crippen LogP contribution < -0.4 is 5.32 Å². The van der Waals surface area contributed by atoms with E-state index in [0.717, 1.165) is 35.5 Å². The number of urea groups is 1. The molecule has 3 heterocycles. The van der Waals surface area contributed by atoms with Gasteiger partial charge in [0.05, 0.1) is 5.56 Å². The number of halogens is 3. The van der Waals surface area contributed by atoms with Gasteiger partial charge in [0.2, 0.25) is 0 Å². The Balaban J connectivity index is 1.47. The zero-order valence-corrected chi connectivity index (χ0v) is 15.1. The van der Waals surface area contributed by atoms with Crippen molar-refractivity contribution < 1.29 is 18.0 Å². The van der Waals surface area contributed by atoms with Gasteiger partial charge >= 0.3 is 12.2 Å². The van der Waals surface area contributed by atoms with Crippen LogP contribution in [0.25, 0.3) is 11.2 Å². The number of rotatable bonds is 2. The Bertz CT molecular complexity index is 1030. The first kappa shape index (κ1) is 18.3. The molecular formula is C19H18F3N5O. The highest BCUT2D eigenvalue weighted by Gasteiger charge is 2.32. The Kier molecular flexibility index (Phi) is 4.44. The molecule has 1 atom stereocenters. The normalized spacial score (nSPS) is 17.3. The molecule has 4 rings (SSSR count). The summed E-state index contributed by atoms with van der Waals surface area (Å²) in [5.74, 6) is 0.898. The molecule has 0 radical (unpaired) electrons. The van der Waals surface area contributed by atoms with Crippen LogP contribution in [0.15, 0.2) is 42.6 Å². The van der Waals surface area contributed by atoms with E-state index >= 15 is 0 Å². The number of amides is 2. The number of nitrogens with one attached hydrogen (secondary N) is 1. The van der Waals surface area contributed by atoms with Crippen LogP contribution in [0.5, 0.6) is 0 Å². The summed E-state index contributed by atoms with van der Waals surface area (Å²) in [6.45, 7) is 0.952. The first-order valence-corrected chi connectivity index (χ1v) is 8.83. The van der Waals surface area contributed by atoms with E-state index in [1.54, 1.807) is 11.1 Å². The fraction of sp³-hybridized carbons (Fsp3) is 0.316. The van der Waals surface area contributed by atoms with Crippen molar-refractivity contribution in [2.45, 2.75) is 18.5 Å². The minimum absolute atomic E-state index is 0.0476. The van der Waals surface area contributed by atoms with Gasteiger partial charge in [0, 0.05) is 37.9 Å². The first-order chi connectivity index (χ1) is 13.3. The average Bonchev–Trinajstić information content (AvgIpc) is 3.27. The second-order valence-electron chi connectivity index (χ2n) is 6.82. The van der Waals surface area contributed by atoms with E-state index < -0.39 is 17.8 Å². The number of aromatic nitrogens is 3. The number of alkyl halides is 3. The number of nitrogens with zero attached hydrogens (tertiary/aromatic N) is 4. The summed E-state index contributed by atoms with van der Waals surface area (Å²) in [4.78, 5) is 23.1. The van der Waals surface area contributed by atoms with Gasteiger partial charge in [0.25, 0.3) is 0 Å². The van der Waals surface area contributed by atoms with Crippen LogP contribution in [0, 0.1) is 0 Å². The quantitative estimate of drug-likeness (QED) is 0.720. The van der Waals surface area contributed by atoms with Crippen molar-refractivity contribution in [3.05, 3.63) is 54.0 Å². The number of pyridine rings is 1. The molecule has 9 heteroatoms. The maximum absolute atomic E-state index is 12.8. The Morgan fingerprint density at radius 1 is 1.25 bits per heavy atom. The molecule has 0 aliphatic carbocycles. The molecule has 1 aromatic carbocycles. The van der Waals surface area contributed by atoms with Gasteiger partial charge in [-0.2, -0.15) is 13.2 Å². The van der Waals surface area contributed by atoms with Crippen molar-refractivity contribution in [3.8, 4) is 0 Å². The predicted molar refractivity (Wildman–Crippen MR) is 97.9 cm³/mol. The average molecular weight is 389 g/mol.